The Labute approximate surface area is 133 Å². The monoisotopic (exact) mass is 397 g/mol. The summed E-state index contributed by atoms with van der Waals surface area (Å²) in [5.74, 6) is -0.358. The highest BCUT2D eigenvalue weighted by atomic mass is 79.9. The number of aromatic carboxylic acids is 1. The van der Waals surface area contributed by atoms with Crippen molar-refractivity contribution >= 4 is 48.7 Å². The van der Waals surface area contributed by atoms with Gasteiger partial charge in [-0.25, -0.2) is 4.79 Å². The average Bonchev–Trinajstić information content (AvgIpc) is 2.36. The number of carboxylic acid groups (broad SMARTS) is 1. The highest BCUT2D eigenvalue weighted by Crippen LogP contribution is 2.35. The van der Waals surface area contributed by atoms with E-state index in [1.54, 1.807) is 0 Å². The minimum absolute atomic E-state index is 0.415. The number of aromatic nitrogens is 1. The standard InChI is InChI=1S/C15H13Br2NO2/c1-7-2-3-12-9(4-7)13(15(19)20)10-5-8(16)6-11(17)14(10)18-12/h5-7H,2-4H2,1H3,(H,19,20). The molecule has 1 aliphatic rings. The molecule has 0 aliphatic heterocycles. The van der Waals surface area contributed by atoms with Gasteiger partial charge in [0.25, 0.3) is 0 Å². The van der Waals surface area contributed by atoms with Crippen molar-refractivity contribution in [2.75, 3.05) is 0 Å². The van der Waals surface area contributed by atoms with Gasteiger partial charge in [-0.05, 0) is 58.8 Å². The maximum Gasteiger partial charge on any atom is 0.336 e. The van der Waals surface area contributed by atoms with E-state index >= 15 is 0 Å². The van der Waals surface area contributed by atoms with E-state index in [1.165, 1.54) is 0 Å². The normalized spacial score (nSPS) is 18.1. The Bertz CT molecular complexity index is 728. The molecule has 1 atom stereocenters. The average molecular weight is 399 g/mol. The lowest BCUT2D eigenvalue weighted by Crippen LogP contribution is -2.18. The summed E-state index contributed by atoms with van der Waals surface area (Å²) in [4.78, 5) is 16.5. The van der Waals surface area contributed by atoms with E-state index in [0.717, 1.165) is 45.0 Å². The minimum Gasteiger partial charge on any atom is -0.478 e. The van der Waals surface area contributed by atoms with Gasteiger partial charge in [0.15, 0.2) is 0 Å². The Hall–Kier alpha value is -0.940. The predicted octanol–water partition coefficient (Wildman–Crippen LogP) is 4.58. The lowest BCUT2D eigenvalue weighted by Gasteiger charge is -2.23. The number of fused-ring (bicyclic) bond motifs is 2. The van der Waals surface area contributed by atoms with Crippen molar-refractivity contribution in [1.82, 2.24) is 4.98 Å². The van der Waals surface area contributed by atoms with Crippen LogP contribution in [0.2, 0.25) is 0 Å². The van der Waals surface area contributed by atoms with E-state index in [4.69, 9.17) is 4.98 Å². The fourth-order valence-corrected chi connectivity index (χ4v) is 4.20. The number of aryl methyl sites for hydroxylation is 1. The zero-order valence-electron chi connectivity index (χ0n) is 10.9. The van der Waals surface area contributed by atoms with Gasteiger partial charge in [-0.2, -0.15) is 0 Å². The maximum atomic E-state index is 11.8. The molecule has 3 rings (SSSR count). The summed E-state index contributed by atoms with van der Waals surface area (Å²) in [6.45, 7) is 2.16. The van der Waals surface area contributed by atoms with Gasteiger partial charge >= 0.3 is 5.97 Å². The Morgan fingerprint density at radius 1 is 1.40 bits per heavy atom. The lowest BCUT2D eigenvalue weighted by atomic mass is 9.84. The molecule has 2 aromatic rings. The number of benzene rings is 1. The van der Waals surface area contributed by atoms with Crippen LogP contribution in [0.5, 0.6) is 0 Å². The van der Waals surface area contributed by atoms with Crippen LogP contribution in [0.3, 0.4) is 0 Å². The predicted molar refractivity (Wildman–Crippen MR) is 85.3 cm³/mol. The van der Waals surface area contributed by atoms with Crippen LogP contribution in [0, 0.1) is 5.92 Å². The number of rotatable bonds is 1. The summed E-state index contributed by atoms with van der Waals surface area (Å²) in [6.07, 6.45) is 2.72. The van der Waals surface area contributed by atoms with Gasteiger partial charge < -0.3 is 5.11 Å². The summed E-state index contributed by atoms with van der Waals surface area (Å²) in [5.41, 5.74) is 3.00. The fraction of sp³-hybridized carbons (Fsp3) is 0.333. The lowest BCUT2D eigenvalue weighted by molar-refractivity contribution is 0.0697. The first-order valence-corrected chi connectivity index (χ1v) is 8.09. The van der Waals surface area contributed by atoms with E-state index in [0.29, 0.717) is 16.9 Å². The molecule has 0 amide bonds. The molecular weight excluding hydrogens is 386 g/mol. The highest BCUT2D eigenvalue weighted by molar-refractivity contribution is 9.11. The molecular formula is C15H13Br2NO2. The van der Waals surface area contributed by atoms with Gasteiger partial charge in [0.1, 0.15) is 0 Å². The Kier molecular flexibility index (Phi) is 3.58. The third kappa shape index (κ3) is 2.27. The molecule has 0 fully saturated rings. The SMILES string of the molecule is CC1CCc2nc3c(Br)cc(Br)cc3c(C(=O)O)c2C1. The smallest absolute Gasteiger partial charge is 0.336 e. The van der Waals surface area contributed by atoms with Crippen LogP contribution in [0.1, 0.15) is 35.0 Å². The number of nitrogens with zero attached hydrogens (tertiary/aromatic N) is 1. The van der Waals surface area contributed by atoms with Crippen molar-refractivity contribution in [1.29, 1.82) is 0 Å². The largest absolute Gasteiger partial charge is 0.478 e. The molecule has 3 nitrogen and oxygen atoms in total. The Morgan fingerprint density at radius 2 is 2.15 bits per heavy atom. The van der Waals surface area contributed by atoms with Crippen LogP contribution in [0.4, 0.5) is 0 Å². The van der Waals surface area contributed by atoms with Crippen molar-refractivity contribution < 1.29 is 9.90 Å². The van der Waals surface area contributed by atoms with E-state index < -0.39 is 5.97 Å². The Morgan fingerprint density at radius 3 is 2.85 bits per heavy atom. The van der Waals surface area contributed by atoms with Crippen LogP contribution < -0.4 is 0 Å². The number of hydrogen-bond donors (Lipinski definition) is 1. The number of pyridine rings is 1. The van der Waals surface area contributed by atoms with Crippen LogP contribution in [0.15, 0.2) is 21.1 Å². The van der Waals surface area contributed by atoms with E-state index in [-0.39, 0.29) is 0 Å². The second-order valence-electron chi connectivity index (χ2n) is 5.35. The van der Waals surface area contributed by atoms with Gasteiger partial charge in [-0.1, -0.05) is 22.9 Å². The van der Waals surface area contributed by atoms with Crippen LogP contribution >= 0.6 is 31.9 Å². The molecule has 1 aliphatic carbocycles. The van der Waals surface area contributed by atoms with Crippen molar-refractivity contribution in [2.45, 2.75) is 26.2 Å². The number of halogens is 2. The first kappa shape index (κ1) is 14.0. The van der Waals surface area contributed by atoms with Crippen molar-refractivity contribution in [3.8, 4) is 0 Å². The summed E-state index contributed by atoms with van der Waals surface area (Å²) in [6, 6.07) is 3.74. The third-order valence-corrected chi connectivity index (χ3v) is 4.90. The van der Waals surface area contributed by atoms with E-state index in [1.807, 2.05) is 12.1 Å². The van der Waals surface area contributed by atoms with Gasteiger partial charge in [0, 0.05) is 20.0 Å². The third-order valence-electron chi connectivity index (χ3n) is 3.83. The topological polar surface area (TPSA) is 50.2 Å². The van der Waals surface area contributed by atoms with Crippen molar-refractivity contribution in [3.63, 3.8) is 0 Å². The molecule has 1 heterocycles. The molecule has 0 saturated carbocycles. The van der Waals surface area contributed by atoms with Gasteiger partial charge in [0.05, 0.1) is 11.1 Å². The zero-order chi connectivity index (χ0) is 14.4. The summed E-state index contributed by atoms with van der Waals surface area (Å²) in [5, 5.41) is 10.3. The van der Waals surface area contributed by atoms with E-state index in [9.17, 15) is 9.90 Å². The summed E-state index contributed by atoms with van der Waals surface area (Å²) < 4.78 is 1.68. The molecule has 0 spiro atoms. The summed E-state index contributed by atoms with van der Waals surface area (Å²) in [7, 11) is 0. The molecule has 1 aromatic carbocycles. The molecule has 5 heteroatoms. The minimum atomic E-state index is -0.868. The summed E-state index contributed by atoms with van der Waals surface area (Å²) >= 11 is 6.91. The van der Waals surface area contributed by atoms with Crippen molar-refractivity contribution in [3.05, 3.63) is 37.9 Å². The van der Waals surface area contributed by atoms with Crippen LogP contribution in [-0.2, 0) is 12.8 Å². The number of hydrogen-bond acceptors (Lipinski definition) is 2. The van der Waals surface area contributed by atoms with Gasteiger partial charge in [-0.3, -0.25) is 4.98 Å². The maximum absolute atomic E-state index is 11.8. The molecule has 0 saturated heterocycles. The van der Waals surface area contributed by atoms with Gasteiger partial charge in [0.2, 0.25) is 0 Å². The molecule has 1 unspecified atom stereocenters. The second kappa shape index (κ2) is 5.11. The molecule has 104 valence electrons. The second-order valence-corrected chi connectivity index (χ2v) is 7.12. The number of carboxylic acids is 1. The van der Waals surface area contributed by atoms with E-state index in [2.05, 4.69) is 38.8 Å². The van der Waals surface area contributed by atoms with Crippen LogP contribution in [0.25, 0.3) is 10.9 Å². The van der Waals surface area contributed by atoms with Crippen molar-refractivity contribution in [2.24, 2.45) is 5.92 Å². The quantitative estimate of drug-likeness (QED) is 0.764. The Balaban J connectivity index is 2.42. The fourth-order valence-electron chi connectivity index (χ4n) is 2.88. The zero-order valence-corrected chi connectivity index (χ0v) is 14.1. The molecule has 0 radical (unpaired) electrons. The first-order chi connectivity index (χ1) is 9.47. The number of carbonyl (C=O) groups is 1. The molecule has 1 N–H and O–H groups in total. The highest BCUT2D eigenvalue weighted by Gasteiger charge is 2.25. The molecule has 0 bridgehead atoms. The first-order valence-electron chi connectivity index (χ1n) is 6.51. The van der Waals surface area contributed by atoms with Crippen LogP contribution in [-0.4, -0.2) is 16.1 Å². The molecule has 20 heavy (non-hydrogen) atoms. The van der Waals surface area contributed by atoms with Gasteiger partial charge in [-0.15, -0.1) is 0 Å². The molecule has 1 aromatic heterocycles.